The predicted molar refractivity (Wildman–Crippen MR) is 94.3 cm³/mol. The van der Waals surface area contributed by atoms with E-state index in [1.165, 1.54) is 6.07 Å². The average molecular weight is 338 g/mol. The number of rotatable bonds is 4. The summed E-state index contributed by atoms with van der Waals surface area (Å²) in [6.45, 7) is 5.53. The van der Waals surface area contributed by atoms with Crippen LogP contribution in [0.4, 0.5) is 0 Å². The van der Waals surface area contributed by atoms with E-state index >= 15 is 0 Å². The predicted octanol–water partition coefficient (Wildman–Crippen LogP) is 3.70. The molecule has 2 aromatic carbocycles. The molecule has 0 fully saturated rings. The lowest BCUT2D eigenvalue weighted by molar-refractivity contribution is -0.136. The van der Waals surface area contributed by atoms with Crippen molar-refractivity contribution < 1.29 is 18.7 Å². The molecule has 5 heteroatoms. The lowest BCUT2D eigenvalue weighted by atomic mass is 10.1. The van der Waals surface area contributed by atoms with Crippen LogP contribution in [0.5, 0.6) is 11.5 Å². The molecule has 0 bridgehead atoms. The van der Waals surface area contributed by atoms with E-state index in [-0.39, 0.29) is 6.61 Å². The van der Waals surface area contributed by atoms with Gasteiger partial charge in [-0.2, -0.15) is 0 Å². The van der Waals surface area contributed by atoms with E-state index in [1.54, 1.807) is 24.3 Å². The average Bonchev–Trinajstić information content (AvgIpc) is 2.60. The molecular formula is C20H18O5. The summed E-state index contributed by atoms with van der Waals surface area (Å²) in [6, 6.07) is 12.0. The minimum absolute atomic E-state index is 0.241. The van der Waals surface area contributed by atoms with Crippen LogP contribution < -0.4 is 15.1 Å². The molecule has 5 nitrogen and oxygen atoms in total. The van der Waals surface area contributed by atoms with Gasteiger partial charge >= 0.3 is 11.6 Å². The van der Waals surface area contributed by atoms with Gasteiger partial charge in [0.1, 0.15) is 17.1 Å². The van der Waals surface area contributed by atoms with Gasteiger partial charge in [-0.3, -0.25) is 0 Å². The second-order valence-electron chi connectivity index (χ2n) is 5.87. The summed E-state index contributed by atoms with van der Waals surface area (Å²) in [6.07, 6.45) is 0. The molecule has 128 valence electrons. The largest absolute Gasteiger partial charge is 0.482 e. The second kappa shape index (κ2) is 6.81. The quantitative estimate of drug-likeness (QED) is 0.412. The smallest absolute Gasteiger partial charge is 0.349 e. The minimum atomic E-state index is -0.494. The van der Waals surface area contributed by atoms with Crippen molar-refractivity contribution in [3.8, 4) is 11.5 Å². The van der Waals surface area contributed by atoms with Crippen LogP contribution in [0.1, 0.15) is 16.7 Å². The number of carbonyl (C=O) groups is 1. The molecule has 25 heavy (non-hydrogen) atoms. The summed E-state index contributed by atoms with van der Waals surface area (Å²) in [5.74, 6) is 0.501. The van der Waals surface area contributed by atoms with Crippen molar-refractivity contribution >= 4 is 16.9 Å². The van der Waals surface area contributed by atoms with Gasteiger partial charge in [0.25, 0.3) is 0 Å². The molecule has 1 aromatic heterocycles. The van der Waals surface area contributed by atoms with E-state index < -0.39 is 11.6 Å². The van der Waals surface area contributed by atoms with E-state index in [4.69, 9.17) is 13.9 Å². The van der Waals surface area contributed by atoms with E-state index in [1.807, 2.05) is 32.9 Å². The highest BCUT2D eigenvalue weighted by Crippen LogP contribution is 2.26. The maximum atomic E-state index is 12.1. The van der Waals surface area contributed by atoms with Crippen molar-refractivity contribution in [2.45, 2.75) is 20.8 Å². The molecule has 0 aliphatic rings. The summed E-state index contributed by atoms with van der Waals surface area (Å²) < 4.78 is 16.0. The SMILES string of the molecule is Cc1ccc(C)c(OC(=O)COc2ccc3ccc(=O)oc3c2)c1C. The van der Waals surface area contributed by atoms with Gasteiger partial charge < -0.3 is 13.9 Å². The van der Waals surface area contributed by atoms with E-state index in [0.717, 1.165) is 22.1 Å². The number of aryl methyl sites for hydroxylation is 2. The number of hydrogen-bond donors (Lipinski definition) is 0. The normalized spacial score (nSPS) is 10.7. The fourth-order valence-electron chi connectivity index (χ4n) is 2.50. The molecule has 0 saturated carbocycles. The first-order valence-electron chi connectivity index (χ1n) is 7.88. The Kier molecular flexibility index (Phi) is 4.57. The molecule has 0 aliphatic carbocycles. The number of carbonyl (C=O) groups excluding carboxylic acids is 1. The van der Waals surface area contributed by atoms with Crippen LogP contribution in [0.15, 0.2) is 51.7 Å². The molecule has 1 heterocycles. The number of esters is 1. The van der Waals surface area contributed by atoms with Gasteiger partial charge in [0.05, 0.1) is 0 Å². The molecule has 3 aromatic rings. The van der Waals surface area contributed by atoms with Crippen molar-refractivity contribution in [3.63, 3.8) is 0 Å². The Morgan fingerprint density at radius 3 is 2.52 bits per heavy atom. The summed E-state index contributed by atoms with van der Waals surface area (Å²) in [5, 5.41) is 0.778. The molecular weight excluding hydrogens is 320 g/mol. The Balaban J connectivity index is 1.70. The van der Waals surface area contributed by atoms with Gasteiger partial charge in [-0.15, -0.1) is 0 Å². The lowest BCUT2D eigenvalue weighted by Gasteiger charge is -2.13. The van der Waals surface area contributed by atoms with E-state index in [9.17, 15) is 9.59 Å². The molecule has 0 amide bonds. The Hall–Kier alpha value is -3.08. The number of fused-ring (bicyclic) bond motifs is 1. The summed E-state index contributed by atoms with van der Waals surface area (Å²) in [4.78, 5) is 23.4. The van der Waals surface area contributed by atoms with Crippen LogP contribution in [-0.4, -0.2) is 12.6 Å². The van der Waals surface area contributed by atoms with Gasteiger partial charge in [0, 0.05) is 17.5 Å². The Bertz CT molecular complexity index is 1000. The van der Waals surface area contributed by atoms with Gasteiger partial charge in [0.15, 0.2) is 6.61 Å². The van der Waals surface area contributed by atoms with Gasteiger partial charge in [-0.05, 0) is 55.7 Å². The standard InChI is InChI=1S/C20H18O5/c1-12-4-5-13(2)20(14(12)3)25-19(22)11-23-16-8-6-15-7-9-18(21)24-17(15)10-16/h4-10H,11H2,1-3H3. The fraction of sp³-hybridized carbons (Fsp3) is 0.200. The number of ether oxygens (including phenoxy) is 2. The highest BCUT2D eigenvalue weighted by Gasteiger charge is 2.12. The summed E-state index contributed by atoms with van der Waals surface area (Å²) >= 11 is 0. The van der Waals surface area contributed by atoms with E-state index in [2.05, 4.69) is 0 Å². The zero-order valence-electron chi connectivity index (χ0n) is 14.3. The van der Waals surface area contributed by atoms with Gasteiger partial charge in [0.2, 0.25) is 0 Å². The zero-order valence-corrected chi connectivity index (χ0v) is 14.3. The molecule has 0 atom stereocenters. The zero-order chi connectivity index (χ0) is 18.0. The van der Waals surface area contributed by atoms with Crippen LogP contribution >= 0.6 is 0 Å². The van der Waals surface area contributed by atoms with E-state index in [0.29, 0.717) is 17.1 Å². The van der Waals surface area contributed by atoms with Crippen LogP contribution in [0.3, 0.4) is 0 Å². The fourth-order valence-corrected chi connectivity index (χ4v) is 2.50. The van der Waals surface area contributed by atoms with Gasteiger partial charge in [-0.1, -0.05) is 12.1 Å². The van der Waals surface area contributed by atoms with Crippen LogP contribution in [0.2, 0.25) is 0 Å². The minimum Gasteiger partial charge on any atom is -0.482 e. The molecule has 0 unspecified atom stereocenters. The van der Waals surface area contributed by atoms with Crippen molar-refractivity contribution in [1.29, 1.82) is 0 Å². The molecule has 3 rings (SSSR count). The highest BCUT2D eigenvalue weighted by molar-refractivity contribution is 5.78. The Labute approximate surface area is 144 Å². The first kappa shape index (κ1) is 16.8. The molecule has 0 N–H and O–H groups in total. The van der Waals surface area contributed by atoms with Crippen molar-refractivity contribution in [2.75, 3.05) is 6.61 Å². The third kappa shape index (κ3) is 3.71. The molecule has 0 saturated heterocycles. The van der Waals surface area contributed by atoms with Crippen molar-refractivity contribution in [3.05, 3.63) is 69.6 Å². The second-order valence-corrected chi connectivity index (χ2v) is 5.87. The van der Waals surface area contributed by atoms with Gasteiger partial charge in [-0.25, -0.2) is 9.59 Å². The first-order chi connectivity index (χ1) is 11.9. The van der Waals surface area contributed by atoms with Crippen LogP contribution in [0, 0.1) is 20.8 Å². The lowest BCUT2D eigenvalue weighted by Crippen LogP contribution is -2.18. The maximum Gasteiger partial charge on any atom is 0.349 e. The van der Waals surface area contributed by atoms with Crippen molar-refractivity contribution in [2.24, 2.45) is 0 Å². The van der Waals surface area contributed by atoms with Crippen LogP contribution in [-0.2, 0) is 4.79 Å². The third-order valence-corrected chi connectivity index (χ3v) is 4.04. The molecule has 0 aliphatic heterocycles. The summed E-state index contributed by atoms with van der Waals surface area (Å²) in [5.41, 5.74) is 2.85. The Morgan fingerprint density at radius 2 is 1.72 bits per heavy atom. The Morgan fingerprint density at radius 1 is 1.00 bits per heavy atom. The molecule has 0 spiro atoms. The van der Waals surface area contributed by atoms with Crippen LogP contribution in [0.25, 0.3) is 11.0 Å². The van der Waals surface area contributed by atoms with Crippen molar-refractivity contribution in [1.82, 2.24) is 0 Å². The molecule has 0 radical (unpaired) electrons. The highest BCUT2D eigenvalue weighted by atomic mass is 16.6. The monoisotopic (exact) mass is 338 g/mol. The first-order valence-corrected chi connectivity index (χ1v) is 7.88. The topological polar surface area (TPSA) is 65.7 Å². The maximum absolute atomic E-state index is 12.1. The number of hydrogen-bond acceptors (Lipinski definition) is 5. The summed E-state index contributed by atoms with van der Waals surface area (Å²) in [7, 11) is 0. The number of benzene rings is 2. The third-order valence-electron chi connectivity index (χ3n) is 4.04.